The Morgan fingerprint density at radius 1 is 0.145 bits per heavy atom. The number of furan rings is 2. The van der Waals surface area contributed by atoms with Crippen molar-refractivity contribution in [3.05, 3.63) is 461 Å². The minimum Gasteiger partial charge on any atom is -0.456 e. The smallest absolute Gasteiger partial charge is 0.136 e. The molecule has 2 aromatic heterocycles. The van der Waals surface area contributed by atoms with Crippen LogP contribution in [-0.4, -0.2) is 0 Å². The van der Waals surface area contributed by atoms with Crippen molar-refractivity contribution in [1.29, 1.82) is 0 Å². The van der Waals surface area contributed by atoms with E-state index in [9.17, 15) is 11.0 Å². The summed E-state index contributed by atoms with van der Waals surface area (Å²) in [5.74, 6) is 0. The molecule has 0 unspecified atom stereocenters. The predicted octanol–water partition coefficient (Wildman–Crippen LogP) is 34.7. The van der Waals surface area contributed by atoms with Gasteiger partial charge in [-0.25, -0.2) is 0 Å². The summed E-state index contributed by atoms with van der Waals surface area (Å²) in [7, 11) is 0. The van der Waals surface area contributed by atoms with Crippen LogP contribution in [0.4, 0.5) is 0 Å². The Labute approximate surface area is 739 Å². The molecule has 0 radical (unpaired) electrons. The highest BCUT2D eigenvalue weighted by atomic mass is 16.3. The van der Waals surface area contributed by atoms with Gasteiger partial charge in [-0.3, -0.25) is 0 Å². The minimum absolute atomic E-state index is 0.150. The molecule has 2 heterocycles. The number of hydrogen-bond acceptors (Lipinski definition) is 2. The first-order chi connectivity index (χ1) is 68.2. The molecule has 0 fully saturated rings. The van der Waals surface area contributed by atoms with E-state index in [1.54, 1.807) is 6.07 Å². The maximum Gasteiger partial charge on any atom is 0.136 e. The van der Waals surface area contributed by atoms with Crippen molar-refractivity contribution in [1.82, 2.24) is 0 Å². The summed E-state index contributed by atoms with van der Waals surface area (Å²) in [5.41, 5.74) is 20.3. The lowest BCUT2D eigenvalue weighted by molar-refractivity contribution is 0.668. The lowest BCUT2D eigenvalue weighted by Gasteiger charge is -2.19. The Balaban J connectivity index is 0.000000155. The molecule has 0 spiro atoms. The molecule has 0 aliphatic carbocycles. The molecule has 0 saturated carbocycles. The zero-order valence-corrected chi connectivity index (χ0v) is 66.5. The molecule has 2 heteroatoms. The first-order valence-electron chi connectivity index (χ1n) is 49.4. The van der Waals surface area contributed by atoms with E-state index in [0.29, 0.717) is 55.7 Å². The molecule has 23 aromatic carbocycles. The second-order valence-corrected chi connectivity index (χ2v) is 31.5. The van der Waals surface area contributed by atoms with E-state index in [4.69, 9.17) is 19.8 Å². The Kier molecular flexibility index (Phi) is 13.8. The normalized spacial score (nSPS) is 13.5. The van der Waals surface area contributed by atoms with Gasteiger partial charge in [0.2, 0.25) is 0 Å². The van der Waals surface area contributed by atoms with Crippen LogP contribution in [0.5, 0.6) is 0 Å². The average molecular weight is 1590 g/mol. The van der Waals surface area contributed by atoms with E-state index >= 15 is 0 Å². The van der Waals surface area contributed by atoms with Crippen molar-refractivity contribution < 1.29 is 30.8 Å². The van der Waals surface area contributed by atoms with Crippen LogP contribution < -0.4 is 0 Å². The Hall–Kier alpha value is -16.3. The van der Waals surface area contributed by atoms with Gasteiger partial charge >= 0.3 is 0 Å². The lowest BCUT2D eigenvalue weighted by Crippen LogP contribution is -1.92. The quantitative estimate of drug-likeness (QED) is 0.0953. The number of hydrogen-bond donors (Lipinski definition) is 0. The second kappa shape index (κ2) is 29.9. The summed E-state index contributed by atoms with van der Waals surface area (Å²) in [6.07, 6.45) is 0. The largest absolute Gasteiger partial charge is 0.456 e. The van der Waals surface area contributed by atoms with Crippen LogP contribution in [0.2, 0.25) is 0 Å². The van der Waals surface area contributed by atoms with Crippen LogP contribution in [0.15, 0.2) is 469 Å². The fraction of sp³-hybridized carbons (Fsp3) is 0. The van der Waals surface area contributed by atoms with Gasteiger partial charge in [-0.15, -0.1) is 0 Å². The molecule has 0 amide bonds. The van der Waals surface area contributed by atoms with Crippen LogP contribution in [0.25, 0.3) is 252 Å². The van der Waals surface area contributed by atoms with Crippen molar-refractivity contribution in [2.75, 3.05) is 0 Å². The fourth-order valence-electron chi connectivity index (χ4n) is 19.0. The molecule has 25 rings (SSSR count). The highest BCUT2D eigenvalue weighted by Gasteiger charge is 2.26. The average Bonchev–Trinajstić information content (AvgIpc) is 1.25. The SMILES string of the molecule is [2H]c1c([2H])c([2H])c2c(-c3cccc4c3ccc3ccccc34)c3c([2H])c([2H])c([2H])c([2H])c3c(-c3ccc4oc5ccc(-c6ccc(-c7ccc8ccccc8c7)c(-c7ccccc7)c6)c(-c6ccccc6)c5c4c3)c2c1[2H].[2H]c1c([2H])c([2H])c2c(-c3cccc4ccccc34)c3c([2H])c([2H])c([2H])c([2H])c3c(-c3ccc4oc5cc(-c6ccc(-c7ccccc7)cc6)c(-c6ccccc6)cc5c4c3)c2c1[2H]. The van der Waals surface area contributed by atoms with Gasteiger partial charge in [-0.2, -0.15) is 0 Å². The molecule has 576 valence electrons. The number of benzene rings is 23. The first-order valence-corrected chi connectivity index (χ1v) is 41.4. The molecule has 124 heavy (non-hydrogen) atoms. The third kappa shape index (κ3) is 12.2. The topological polar surface area (TPSA) is 26.3 Å². The van der Waals surface area contributed by atoms with Crippen molar-refractivity contribution in [3.8, 4) is 122 Å². The van der Waals surface area contributed by atoms with E-state index in [1.807, 2.05) is 194 Å². The van der Waals surface area contributed by atoms with Gasteiger partial charge in [-0.05, 0) is 258 Å². The molecule has 0 aliphatic rings. The first kappa shape index (κ1) is 57.0. The van der Waals surface area contributed by atoms with Crippen molar-refractivity contribution in [2.45, 2.75) is 0 Å². The molecule has 0 bridgehead atoms. The van der Waals surface area contributed by atoms with Gasteiger partial charge in [0, 0.05) is 27.1 Å². The van der Waals surface area contributed by atoms with Gasteiger partial charge in [0.05, 0.1) is 21.9 Å². The maximum absolute atomic E-state index is 9.76. The van der Waals surface area contributed by atoms with Crippen LogP contribution >= 0.6 is 0 Å². The van der Waals surface area contributed by atoms with Gasteiger partial charge < -0.3 is 8.83 Å². The molecular weight excluding hydrogens is 1500 g/mol. The highest BCUT2D eigenvalue weighted by Crippen LogP contribution is 2.52. The predicted molar refractivity (Wildman–Crippen MR) is 527 cm³/mol. The van der Waals surface area contributed by atoms with Crippen molar-refractivity contribution in [3.63, 3.8) is 0 Å². The number of fused-ring (bicyclic) bond motifs is 15. The molecule has 0 atom stereocenters. The van der Waals surface area contributed by atoms with E-state index in [1.165, 1.54) is 5.39 Å². The Bertz CT molecular complexity index is 9450. The van der Waals surface area contributed by atoms with E-state index in [0.717, 1.165) is 137 Å². The fourth-order valence-corrected chi connectivity index (χ4v) is 19.0. The molecular formula is C122H76O2. The Morgan fingerprint density at radius 3 is 1.12 bits per heavy atom. The van der Waals surface area contributed by atoms with Crippen LogP contribution in [0.1, 0.15) is 21.9 Å². The standard InChI is InChI=1S/C68H42O.C54H34O/c1-3-17-44(18-4-1)61-41-49(33-35-52(61)48-31-30-43-16-7-8-22-47(43)40-48)53-37-39-64-68(66(53)46-20-5-2-6-21-46)62-42-50(34-38-63(62)69-64)65-57-24-11-13-26-59(57)67(60-27-14-12-25-58(60)65)56-29-15-28-54-51-23-10-9-19-45(51)32-36-55(54)56;1-3-14-35(15-4-1)36-26-28-39(29-27-36)48-34-52-50(33-47(48)38-16-5-2-6-17-38)49-32-40(30-31-51(49)55-52)53-43-21-9-11-23-45(43)54(46-24-12-10-22-44(46)53)42-25-13-19-37-18-7-8-20-41(37)42/h1-42H;1-34H/i11D,12D,13D,14D,24D,25D,26D,27D;9D,10D,11D,12D,21D,22D,23D,24D. The third-order valence-corrected chi connectivity index (χ3v) is 24.6. The van der Waals surface area contributed by atoms with Gasteiger partial charge in [0.15, 0.2) is 0 Å². The summed E-state index contributed by atoms with van der Waals surface area (Å²) < 4.78 is 162. The van der Waals surface area contributed by atoms with Crippen molar-refractivity contribution >= 4 is 130 Å². The van der Waals surface area contributed by atoms with Crippen LogP contribution in [-0.2, 0) is 0 Å². The van der Waals surface area contributed by atoms with Gasteiger partial charge in [-0.1, -0.05) is 406 Å². The van der Waals surface area contributed by atoms with Gasteiger partial charge in [0.25, 0.3) is 0 Å². The van der Waals surface area contributed by atoms with E-state index in [-0.39, 0.29) is 103 Å². The third-order valence-electron chi connectivity index (χ3n) is 24.6. The lowest BCUT2D eigenvalue weighted by atomic mass is 9.84. The molecule has 0 aliphatic heterocycles. The zero-order chi connectivity index (χ0) is 95.6. The maximum atomic E-state index is 9.76. The molecule has 2 nitrogen and oxygen atoms in total. The minimum atomic E-state index is -0.453. The molecule has 0 saturated heterocycles. The highest BCUT2D eigenvalue weighted by molar-refractivity contribution is 6.28. The summed E-state index contributed by atoms with van der Waals surface area (Å²) in [4.78, 5) is 0. The summed E-state index contributed by atoms with van der Waals surface area (Å²) in [6, 6.07) is 116. The Morgan fingerprint density at radius 2 is 0.516 bits per heavy atom. The summed E-state index contributed by atoms with van der Waals surface area (Å²) in [6.45, 7) is 0. The van der Waals surface area contributed by atoms with Crippen LogP contribution in [0.3, 0.4) is 0 Å². The monoisotopic (exact) mass is 1590 g/mol. The van der Waals surface area contributed by atoms with Gasteiger partial charge in [0.1, 0.15) is 22.3 Å². The van der Waals surface area contributed by atoms with Crippen LogP contribution in [0, 0.1) is 0 Å². The second-order valence-electron chi connectivity index (χ2n) is 31.5. The van der Waals surface area contributed by atoms with E-state index < -0.39 is 48.3 Å². The van der Waals surface area contributed by atoms with Crippen molar-refractivity contribution in [2.24, 2.45) is 0 Å². The molecule has 25 aromatic rings. The number of rotatable bonds is 11. The zero-order valence-electron chi connectivity index (χ0n) is 82.5. The van der Waals surface area contributed by atoms with E-state index in [2.05, 4.69) is 164 Å². The summed E-state index contributed by atoms with van der Waals surface area (Å²) in [5, 5.41) is 12.1. The molecule has 0 N–H and O–H groups in total. The summed E-state index contributed by atoms with van der Waals surface area (Å²) >= 11 is 0.